The van der Waals surface area contributed by atoms with Gasteiger partial charge in [0.25, 0.3) is 10.0 Å². The third-order valence-electron chi connectivity index (χ3n) is 6.66. The fourth-order valence-corrected chi connectivity index (χ4v) is 5.97. The Bertz CT molecular complexity index is 1480. The first-order valence-electron chi connectivity index (χ1n) is 13.6. The molecule has 0 aliphatic heterocycles. The van der Waals surface area contributed by atoms with Crippen molar-refractivity contribution < 1.29 is 22.7 Å². The zero-order chi connectivity index (χ0) is 31.0. The maximum Gasteiger partial charge on any atom is 0.264 e. The maximum absolute atomic E-state index is 14.1. The van der Waals surface area contributed by atoms with Crippen LogP contribution in [0.2, 0.25) is 10.0 Å². The standard InChI is InChI=1S/C31H37Cl2N3O5S/c1-6-29(31(38)34-18-21(2)3)35(19-23-9-12-25(41-5)13-10-23)30(37)20-36(24-11-16-27(32)28(33)17-24)42(39,40)26-14-7-22(4)8-15-26/h7-17,21,29H,6,18-20H2,1-5H3,(H,34,38)/t29-/m1/s1. The number of anilines is 1. The number of carbonyl (C=O) groups excluding carboxylic acids is 2. The highest BCUT2D eigenvalue weighted by atomic mass is 35.5. The van der Waals surface area contributed by atoms with E-state index in [4.69, 9.17) is 27.9 Å². The molecule has 0 fully saturated rings. The van der Waals surface area contributed by atoms with Crippen LogP contribution in [0.3, 0.4) is 0 Å². The monoisotopic (exact) mass is 633 g/mol. The summed E-state index contributed by atoms with van der Waals surface area (Å²) in [6.45, 7) is 7.57. The molecule has 1 N–H and O–H groups in total. The largest absolute Gasteiger partial charge is 0.497 e. The van der Waals surface area contributed by atoms with Gasteiger partial charge in [-0.25, -0.2) is 8.42 Å². The van der Waals surface area contributed by atoms with Gasteiger partial charge in [0, 0.05) is 13.1 Å². The Balaban J connectivity index is 2.06. The average molecular weight is 635 g/mol. The maximum atomic E-state index is 14.1. The average Bonchev–Trinajstić information content (AvgIpc) is 2.96. The molecule has 8 nitrogen and oxygen atoms in total. The first kappa shape index (κ1) is 33.2. The van der Waals surface area contributed by atoms with Gasteiger partial charge in [-0.2, -0.15) is 0 Å². The summed E-state index contributed by atoms with van der Waals surface area (Å²) in [5.74, 6) is -0.00927. The number of amides is 2. The van der Waals surface area contributed by atoms with Crippen molar-refractivity contribution in [2.24, 2.45) is 5.92 Å². The van der Waals surface area contributed by atoms with E-state index in [2.05, 4.69) is 5.32 Å². The van der Waals surface area contributed by atoms with Gasteiger partial charge in [-0.05, 0) is 67.3 Å². The van der Waals surface area contributed by atoms with E-state index in [1.165, 1.54) is 35.2 Å². The van der Waals surface area contributed by atoms with Crippen molar-refractivity contribution in [3.05, 3.63) is 87.9 Å². The van der Waals surface area contributed by atoms with Crippen LogP contribution in [0, 0.1) is 12.8 Å². The van der Waals surface area contributed by atoms with Gasteiger partial charge in [-0.15, -0.1) is 0 Å². The molecule has 3 aromatic carbocycles. The fraction of sp³-hybridized carbons (Fsp3) is 0.355. The van der Waals surface area contributed by atoms with Gasteiger partial charge in [-0.3, -0.25) is 13.9 Å². The SMILES string of the molecule is CC[C@H](C(=O)NCC(C)C)N(Cc1ccc(OC)cc1)C(=O)CN(c1ccc(Cl)c(Cl)c1)S(=O)(=O)c1ccc(C)cc1. The van der Waals surface area contributed by atoms with Crippen molar-refractivity contribution in [3.63, 3.8) is 0 Å². The summed E-state index contributed by atoms with van der Waals surface area (Å²) in [5.41, 5.74) is 1.80. The van der Waals surface area contributed by atoms with Crippen molar-refractivity contribution in [3.8, 4) is 5.75 Å². The minimum Gasteiger partial charge on any atom is -0.497 e. The summed E-state index contributed by atoms with van der Waals surface area (Å²) < 4.78 is 34.2. The second-order valence-electron chi connectivity index (χ2n) is 10.4. The number of carbonyl (C=O) groups is 2. The molecule has 3 aromatic rings. The number of aryl methyl sites for hydroxylation is 1. The lowest BCUT2D eigenvalue weighted by Crippen LogP contribution is -2.52. The number of nitrogens with zero attached hydrogens (tertiary/aromatic N) is 2. The summed E-state index contributed by atoms with van der Waals surface area (Å²) in [5, 5.41) is 3.30. The molecule has 0 aliphatic carbocycles. The molecular formula is C31H37Cl2N3O5S. The Kier molecular flexibility index (Phi) is 11.7. The van der Waals surface area contributed by atoms with Crippen LogP contribution in [0.25, 0.3) is 0 Å². The van der Waals surface area contributed by atoms with Crippen LogP contribution in [-0.2, 0) is 26.2 Å². The fourth-order valence-electron chi connectivity index (χ4n) is 4.28. The van der Waals surface area contributed by atoms with Gasteiger partial charge < -0.3 is 15.0 Å². The highest BCUT2D eigenvalue weighted by Gasteiger charge is 2.34. The second-order valence-corrected chi connectivity index (χ2v) is 13.0. The minimum atomic E-state index is -4.22. The summed E-state index contributed by atoms with van der Waals surface area (Å²) in [6, 6.07) is 17.0. The van der Waals surface area contributed by atoms with Crippen LogP contribution in [0.5, 0.6) is 5.75 Å². The molecule has 1 atom stereocenters. The molecule has 0 spiro atoms. The molecule has 3 rings (SSSR count). The number of benzene rings is 3. The molecule has 2 amide bonds. The third-order valence-corrected chi connectivity index (χ3v) is 9.19. The number of rotatable bonds is 13. The van der Waals surface area contributed by atoms with Crippen molar-refractivity contribution in [2.45, 2.75) is 51.6 Å². The molecule has 0 heterocycles. The van der Waals surface area contributed by atoms with E-state index < -0.39 is 28.5 Å². The van der Waals surface area contributed by atoms with Crippen LogP contribution in [0.4, 0.5) is 5.69 Å². The summed E-state index contributed by atoms with van der Waals surface area (Å²) in [6.07, 6.45) is 0.323. The van der Waals surface area contributed by atoms with Crippen LogP contribution < -0.4 is 14.4 Å². The zero-order valence-corrected chi connectivity index (χ0v) is 26.8. The number of ether oxygens (including phenoxy) is 1. The van der Waals surface area contributed by atoms with Gasteiger partial charge in [0.05, 0.1) is 27.7 Å². The number of nitrogens with one attached hydrogen (secondary N) is 1. The molecule has 0 aromatic heterocycles. The van der Waals surface area contributed by atoms with E-state index in [0.29, 0.717) is 18.7 Å². The normalized spacial score (nSPS) is 12.1. The third kappa shape index (κ3) is 8.40. The minimum absolute atomic E-state index is 0.00962. The first-order valence-corrected chi connectivity index (χ1v) is 15.8. The Labute approximate surface area is 258 Å². The molecule has 42 heavy (non-hydrogen) atoms. The molecule has 11 heteroatoms. The molecule has 0 radical (unpaired) electrons. The molecule has 0 saturated heterocycles. The predicted octanol–water partition coefficient (Wildman–Crippen LogP) is 6.09. The Morgan fingerprint density at radius 1 is 0.952 bits per heavy atom. The topological polar surface area (TPSA) is 96.0 Å². The lowest BCUT2D eigenvalue weighted by atomic mass is 10.1. The van der Waals surface area contributed by atoms with Crippen molar-refractivity contribution >= 4 is 50.7 Å². The number of methoxy groups -OCH3 is 1. The van der Waals surface area contributed by atoms with Gasteiger partial charge in [0.2, 0.25) is 11.8 Å². The molecule has 0 aliphatic rings. The molecular weight excluding hydrogens is 597 g/mol. The molecule has 0 saturated carbocycles. The smallest absolute Gasteiger partial charge is 0.264 e. The van der Waals surface area contributed by atoms with E-state index in [1.54, 1.807) is 43.5 Å². The van der Waals surface area contributed by atoms with E-state index in [9.17, 15) is 18.0 Å². The quantitative estimate of drug-likeness (QED) is 0.246. The number of halogens is 2. The first-order chi connectivity index (χ1) is 19.9. The number of sulfonamides is 1. The second kappa shape index (κ2) is 14.8. The number of hydrogen-bond acceptors (Lipinski definition) is 5. The predicted molar refractivity (Wildman–Crippen MR) is 168 cm³/mol. The highest BCUT2D eigenvalue weighted by molar-refractivity contribution is 7.92. The van der Waals surface area contributed by atoms with Crippen LogP contribution >= 0.6 is 23.2 Å². The van der Waals surface area contributed by atoms with Crippen LogP contribution in [0.15, 0.2) is 71.6 Å². The molecule has 0 unspecified atom stereocenters. The van der Waals surface area contributed by atoms with Gasteiger partial charge in [0.1, 0.15) is 18.3 Å². The Morgan fingerprint density at radius 2 is 1.60 bits per heavy atom. The van der Waals surface area contributed by atoms with E-state index in [0.717, 1.165) is 15.4 Å². The van der Waals surface area contributed by atoms with Gasteiger partial charge in [-0.1, -0.05) is 73.8 Å². The van der Waals surface area contributed by atoms with Crippen molar-refractivity contribution in [2.75, 3.05) is 24.5 Å². The molecule has 0 bridgehead atoms. The van der Waals surface area contributed by atoms with E-state index >= 15 is 0 Å². The van der Waals surface area contributed by atoms with Crippen molar-refractivity contribution in [1.29, 1.82) is 0 Å². The van der Waals surface area contributed by atoms with E-state index in [-0.39, 0.29) is 39.0 Å². The van der Waals surface area contributed by atoms with Crippen LogP contribution in [0.1, 0.15) is 38.3 Å². The highest BCUT2D eigenvalue weighted by Crippen LogP contribution is 2.31. The van der Waals surface area contributed by atoms with Crippen molar-refractivity contribution in [1.82, 2.24) is 10.2 Å². The summed E-state index contributed by atoms with van der Waals surface area (Å²) >= 11 is 12.4. The zero-order valence-electron chi connectivity index (χ0n) is 24.4. The Morgan fingerprint density at radius 3 is 2.14 bits per heavy atom. The van der Waals surface area contributed by atoms with Gasteiger partial charge in [0.15, 0.2) is 0 Å². The molecule has 226 valence electrons. The van der Waals surface area contributed by atoms with Gasteiger partial charge >= 0.3 is 0 Å². The van der Waals surface area contributed by atoms with Crippen LogP contribution in [-0.4, -0.2) is 51.4 Å². The van der Waals surface area contributed by atoms with E-state index in [1.807, 2.05) is 27.7 Å². The number of hydrogen-bond donors (Lipinski definition) is 1. The summed E-state index contributed by atoms with van der Waals surface area (Å²) in [7, 11) is -2.66. The lowest BCUT2D eigenvalue weighted by Gasteiger charge is -2.33. The Hall–Kier alpha value is -3.27. The summed E-state index contributed by atoms with van der Waals surface area (Å²) in [4.78, 5) is 28.9. The lowest BCUT2D eigenvalue weighted by molar-refractivity contribution is -0.140.